The molecule has 9 heteroatoms. The average molecular weight is 563 g/mol. The third-order valence-corrected chi connectivity index (χ3v) is 9.05. The van der Waals surface area contributed by atoms with Gasteiger partial charge in [-0.2, -0.15) is 0 Å². The number of H-pyrrole nitrogens is 1. The summed E-state index contributed by atoms with van der Waals surface area (Å²) in [5.74, 6) is -0.759. The molecular weight excluding hydrogens is 524 g/mol. The molecule has 212 valence electrons. The summed E-state index contributed by atoms with van der Waals surface area (Å²) in [6.07, 6.45) is 8.98. The molecule has 1 saturated carbocycles. The Morgan fingerprint density at radius 1 is 1.15 bits per heavy atom. The standard InChI is InChI=1S/C31H38N4O4S/c1-6-19(15-16-31(4,7-2)8-3)24-13-14-25(40-24)29(38)34-28-27(30(39)32-20-9-10-20)22-12-11-21(17-23(22)33-28)35(5)26(37)18-36/h6,11-15,17,20,33,36H,1,7-10,16,18H2,2-5H3,(H,32,39)(H,34,38). The molecule has 1 aliphatic rings. The Balaban J connectivity index is 1.62. The Morgan fingerprint density at radius 2 is 1.85 bits per heavy atom. The molecule has 1 aliphatic carbocycles. The molecule has 0 unspecified atom stereocenters. The number of hydrogen-bond acceptors (Lipinski definition) is 5. The highest BCUT2D eigenvalue weighted by atomic mass is 32.1. The molecule has 40 heavy (non-hydrogen) atoms. The SMILES string of the molecule is C=CC(=CCC(C)(CC)CC)c1ccc(C(=O)Nc2[nH]c3cc(N(C)C(=O)CO)ccc3c2C(=O)NC2CC2)s1. The number of allylic oxidation sites excluding steroid dienone is 3. The summed E-state index contributed by atoms with van der Waals surface area (Å²) < 4.78 is 0. The molecule has 3 amide bonds. The van der Waals surface area contributed by atoms with Crippen molar-refractivity contribution >= 4 is 57.0 Å². The zero-order valence-corrected chi connectivity index (χ0v) is 24.4. The van der Waals surface area contributed by atoms with Crippen LogP contribution in [-0.2, 0) is 4.79 Å². The Bertz CT molecular complexity index is 1460. The van der Waals surface area contributed by atoms with E-state index in [0.29, 0.717) is 32.8 Å². The third kappa shape index (κ3) is 6.37. The summed E-state index contributed by atoms with van der Waals surface area (Å²) in [5.41, 5.74) is 2.71. The third-order valence-electron chi connectivity index (χ3n) is 7.91. The Hall–Kier alpha value is -3.69. The van der Waals surface area contributed by atoms with Crippen molar-refractivity contribution in [3.63, 3.8) is 0 Å². The van der Waals surface area contributed by atoms with Gasteiger partial charge >= 0.3 is 0 Å². The number of hydrogen-bond donors (Lipinski definition) is 4. The lowest BCUT2D eigenvalue weighted by molar-refractivity contribution is -0.120. The lowest BCUT2D eigenvalue weighted by atomic mass is 9.81. The first-order valence-corrected chi connectivity index (χ1v) is 14.5. The maximum Gasteiger partial charge on any atom is 0.266 e. The van der Waals surface area contributed by atoms with Crippen LogP contribution in [0.3, 0.4) is 0 Å². The fourth-order valence-corrected chi connectivity index (χ4v) is 5.37. The quantitative estimate of drug-likeness (QED) is 0.199. The van der Waals surface area contributed by atoms with Gasteiger partial charge in [0.15, 0.2) is 0 Å². The lowest BCUT2D eigenvalue weighted by Gasteiger charge is -2.25. The Labute approximate surface area is 239 Å². The first-order valence-electron chi connectivity index (χ1n) is 13.7. The van der Waals surface area contributed by atoms with Gasteiger partial charge in [0.05, 0.1) is 10.4 Å². The van der Waals surface area contributed by atoms with Crippen LogP contribution in [0.5, 0.6) is 0 Å². The molecule has 0 aliphatic heterocycles. The lowest BCUT2D eigenvalue weighted by Crippen LogP contribution is -2.28. The normalized spacial score (nSPS) is 13.8. The number of aromatic nitrogens is 1. The molecule has 1 fully saturated rings. The second kappa shape index (κ2) is 12.2. The molecule has 0 bridgehead atoms. The number of benzene rings is 1. The number of nitrogens with one attached hydrogen (secondary N) is 3. The number of aliphatic hydroxyl groups is 1. The highest BCUT2D eigenvalue weighted by Gasteiger charge is 2.28. The van der Waals surface area contributed by atoms with Crippen molar-refractivity contribution in [1.82, 2.24) is 10.3 Å². The molecule has 4 N–H and O–H groups in total. The number of rotatable bonds is 12. The molecule has 2 heterocycles. The van der Waals surface area contributed by atoms with Crippen LogP contribution >= 0.6 is 11.3 Å². The molecule has 0 atom stereocenters. The van der Waals surface area contributed by atoms with Crippen molar-refractivity contribution in [3.8, 4) is 0 Å². The van der Waals surface area contributed by atoms with E-state index in [1.54, 1.807) is 31.3 Å². The molecule has 2 aromatic heterocycles. The first-order chi connectivity index (χ1) is 19.1. The van der Waals surface area contributed by atoms with Crippen molar-refractivity contribution in [2.45, 2.75) is 58.9 Å². The van der Waals surface area contributed by atoms with Gasteiger partial charge < -0.3 is 25.6 Å². The molecule has 0 spiro atoms. The Morgan fingerprint density at radius 3 is 2.48 bits per heavy atom. The fourth-order valence-electron chi connectivity index (χ4n) is 4.43. The van der Waals surface area contributed by atoms with Crippen molar-refractivity contribution < 1.29 is 19.5 Å². The molecule has 0 radical (unpaired) electrons. The smallest absolute Gasteiger partial charge is 0.266 e. The van der Waals surface area contributed by atoms with Crippen molar-refractivity contribution in [1.29, 1.82) is 0 Å². The molecule has 0 saturated heterocycles. The maximum atomic E-state index is 13.4. The van der Waals surface area contributed by atoms with Gasteiger partial charge in [-0.15, -0.1) is 11.3 Å². The van der Waals surface area contributed by atoms with Gasteiger partial charge in [-0.1, -0.05) is 52.3 Å². The number of aliphatic hydroxyl groups excluding tert-OH is 1. The van der Waals surface area contributed by atoms with Crippen LogP contribution in [0.4, 0.5) is 11.5 Å². The number of anilines is 2. The summed E-state index contributed by atoms with van der Waals surface area (Å²) in [4.78, 5) is 44.5. The van der Waals surface area contributed by atoms with Crippen LogP contribution < -0.4 is 15.5 Å². The van der Waals surface area contributed by atoms with Crippen LogP contribution in [-0.4, -0.2) is 47.5 Å². The zero-order chi connectivity index (χ0) is 29.0. The minimum Gasteiger partial charge on any atom is -0.387 e. The summed E-state index contributed by atoms with van der Waals surface area (Å²) in [7, 11) is 1.57. The first kappa shape index (κ1) is 29.3. The van der Waals surface area contributed by atoms with Crippen LogP contribution in [0.15, 0.2) is 49.1 Å². The van der Waals surface area contributed by atoms with E-state index in [2.05, 4.69) is 49.0 Å². The number of carbonyl (C=O) groups is 3. The van der Waals surface area contributed by atoms with Crippen molar-refractivity contribution in [2.75, 3.05) is 23.9 Å². The molecule has 4 rings (SSSR count). The van der Waals surface area contributed by atoms with E-state index in [1.165, 1.54) is 16.2 Å². The molecule has 8 nitrogen and oxygen atoms in total. The average Bonchev–Trinajstić information content (AvgIpc) is 3.50. The predicted octanol–water partition coefficient (Wildman–Crippen LogP) is 6.11. The van der Waals surface area contributed by atoms with E-state index in [-0.39, 0.29) is 23.3 Å². The van der Waals surface area contributed by atoms with Gasteiger partial charge in [0, 0.05) is 34.6 Å². The number of nitrogens with zero attached hydrogens (tertiary/aromatic N) is 1. The van der Waals surface area contributed by atoms with E-state index in [1.807, 2.05) is 12.1 Å². The Kier molecular flexibility index (Phi) is 8.95. The second-order valence-corrected chi connectivity index (χ2v) is 11.8. The number of thiophene rings is 1. The van der Waals surface area contributed by atoms with Crippen LogP contribution in [0.1, 0.15) is 77.8 Å². The topological polar surface area (TPSA) is 115 Å². The maximum absolute atomic E-state index is 13.4. The zero-order valence-electron chi connectivity index (χ0n) is 23.6. The van der Waals surface area contributed by atoms with Gasteiger partial charge in [-0.3, -0.25) is 14.4 Å². The fraction of sp³-hybridized carbons (Fsp3) is 0.387. The minimum absolute atomic E-state index is 0.139. The largest absolute Gasteiger partial charge is 0.387 e. The highest BCUT2D eigenvalue weighted by Crippen LogP contribution is 2.34. The molecule has 1 aromatic carbocycles. The van der Waals surface area contributed by atoms with E-state index >= 15 is 0 Å². The number of aromatic amines is 1. The van der Waals surface area contributed by atoms with E-state index < -0.39 is 12.5 Å². The highest BCUT2D eigenvalue weighted by molar-refractivity contribution is 7.15. The van der Waals surface area contributed by atoms with Crippen LogP contribution in [0, 0.1) is 5.41 Å². The van der Waals surface area contributed by atoms with Crippen molar-refractivity contribution in [3.05, 3.63) is 64.4 Å². The number of amides is 3. The van der Waals surface area contributed by atoms with E-state index in [0.717, 1.165) is 42.6 Å². The van der Waals surface area contributed by atoms with Gasteiger partial charge in [0.1, 0.15) is 12.4 Å². The second-order valence-electron chi connectivity index (χ2n) is 10.7. The van der Waals surface area contributed by atoms with E-state index in [4.69, 9.17) is 0 Å². The van der Waals surface area contributed by atoms with Gasteiger partial charge in [0.2, 0.25) is 0 Å². The van der Waals surface area contributed by atoms with Crippen LogP contribution in [0.2, 0.25) is 0 Å². The molecule has 3 aromatic rings. The molecular formula is C31H38N4O4S. The van der Waals surface area contributed by atoms with Gasteiger partial charge in [-0.05, 0) is 60.6 Å². The summed E-state index contributed by atoms with van der Waals surface area (Å²) in [6.45, 7) is 10.1. The van der Waals surface area contributed by atoms with Gasteiger partial charge in [-0.25, -0.2) is 0 Å². The van der Waals surface area contributed by atoms with Crippen molar-refractivity contribution in [2.24, 2.45) is 5.41 Å². The summed E-state index contributed by atoms with van der Waals surface area (Å²) in [6, 6.07) is 9.02. The summed E-state index contributed by atoms with van der Waals surface area (Å²) in [5, 5.41) is 15.8. The number of likely N-dealkylation sites (N-methyl/N-ethyl adjacent to an activating group) is 1. The minimum atomic E-state index is -0.613. The number of fused-ring (bicyclic) bond motifs is 1. The predicted molar refractivity (Wildman–Crippen MR) is 163 cm³/mol. The van der Waals surface area contributed by atoms with Crippen LogP contribution in [0.25, 0.3) is 16.5 Å². The van der Waals surface area contributed by atoms with E-state index in [9.17, 15) is 19.5 Å². The monoisotopic (exact) mass is 562 g/mol. The van der Waals surface area contributed by atoms with Gasteiger partial charge in [0.25, 0.3) is 17.7 Å². The number of carbonyl (C=O) groups excluding carboxylic acids is 3. The summed E-state index contributed by atoms with van der Waals surface area (Å²) >= 11 is 1.38.